The maximum atomic E-state index is 8.94. The number of hydrogen-bond acceptors (Lipinski definition) is 1. The Morgan fingerprint density at radius 3 is 2.55 bits per heavy atom. The van der Waals surface area contributed by atoms with Crippen LogP contribution in [0.2, 0.25) is 0 Å². The normalized spacial score (nSPS) is 10.6. The van der Waals surface area contributed by atoms with E-state index in [9.17, 15) is 0 Å². The van der Waals surface area contributed by atoms with Crippen molar-refractivity contribution in [2.24, 2.45) is 0 Å². The average Bonchev–Trinajstić information content (AvgIpc) is 2.06. The molecule has 0 aliphatic heterocycles. The molecule has 0 saturated heterocycles. The summed E-state index contributed by atoms with van der Waals surface area (Å²) < 4.78 is 0. The summed E-state index contributed by atoms with van der Waals surface area (Å²) in [6.07, 6.45) is 6.49. The van der Waals surface area contributed by atoms with E-state index < -0.39 is 0 Å². The molecular weight excluding hydrogens is 136 g/mol. The maximum absolute atomic E-state index is 8.94. The average molecular weight is 144 g/mol. The first kappa shape index (κ1) is 7.43. The highest BCUT2D eigenvalue weighted by molar-refractivity contribution is 5.54. The highest BCUT2D eigenvalue weighted by Gasteiger charge is 1.86. The number of hydrogen-bond donors (Lipinski definition) is 1. The monoisotopic (exact) mass is 144 g/mol. The molecule has 11 heavy (non-hydrogen) atoms. The van der Waals surface area contributed by atoms with E-state index in [-0.39, 0.29) is 5.76 Å². The minimum atomic E-state index is -0.0452. The van der Waals surface area contributed by atoms with Crippen LogP contribution in [0.15, 0.2) is 36.1 Å². The zero-order chi connectivity index (χ0) is 8.10. The fourth-order valence-corrected chi connectivity index (χ4v) is 0.749. The molecule has 0 aliphatic carbocycles. The van der Waals surface area contributed by atoms with Crippen LogP contribution >= 0.6 is 0 Å². The molecule has 0 radical (unpaired) electrons. The Balaban J connectivity index is 2.90. The molecule has 0 bridgehead atoms. The smallest absolute Gasteiger partial charge is 0.167 e. The minimum absolute atomic E-state index is 0.0452. The van der Waals surface area contributed by atoms with Gasteiger partial charge < -0.3 is 5.11 Å². The molecule has 0 unspecified atom stereocenters. The second-order valence-electron chi connectivity index (χ2n) is 2.08. The molecule has 1 aromatic rings. The van der Waals surface area contributed by atoms with Crippen molar-refractivity contribution in [3.8, 4) is 12.3 Å². The Morgan fingerprint density at radius 2 is 2.00 bits per heavy atom. The van der Waals surface area contributed by atoms with Crippen molar-refractivity contribution in [3.63, 3.8) is 0 Å². The Hall–Kier alpha value is -1.68. The summed E-state index contributed by atoms with van der Waals surface area (Å²) in [5.41, 5.74) is 0.906. The van der Waals surface area contributed by atoms with E-state index in [2.05, 4.69) is 5.92 Å². The molecule has 0 amide bonds. The van der Waals surface area contributed by atoms with Crippen LogP contribution in [0.5, 0.6) is 0 Å². The van der Waals surface area contributed by atoms with Crippen LogP contribution in [0.4, 0.5) is 0 Å². The quantitative estimate of drug-likeness (QED) is 0.473. The van der Waals surface area contributed by atoms with Gasteiger partial charge in [0.25, 0.3) is 0 Å². The van der Waals surface area contributed by atoms with Crippen LogP contribution < -0.4 is 0 Å². The predicted molar refractivity (Wildman–Crippen MR) is 45.9 cm³/mol. The topological polar surface area (TPSA) is 20.2 Å². The van der Waals surface area contributed by atoms with Gasteiger partial charge in [-0.25, -0.2) is 0 Å². The zero-order valence-electron chi connectivity index (χ0n) is 5.99. The molecule has 0 fully saturated rings. The van der Waals surface area contributed by atoms with Gasteiger partial charge in [-0.05, 0) is 17.6 Å². The van der Waals surface area contributed by atoms with E-state index in [0.717, 1.165) is 5.56 Å². The number of terminal acetylenes is 1. The molecule has 1 heteroatoms. The van der Waals surface area contributed by atoms with Crippen LogP contribution in [0.25, 0.3) is 6.08 Å². The lowest BCUT2D eigenvalue weighted by Crippen LogP contribution is -1.74. The van der Waals surface area contributed by atoms with Crippen molar-refractivity contribution in [1.82, 2.24) is 0 Å². The largest absolute Gasteiger partial charge is 0.501 e. The van der Waals surface area contributed by atoms with Crippen LogP contribution in [-0.2, 0) is 0 Å². The fraction of sp³-hybridized carbons (Fsp3) is 0. The van der Waals surface area contributed by atoms with Crippen molar-refractivity contribution in [2.75, 3.05) is 0 Å². The summed E-state index contributed by atoms with van der Waals surface area (Å²) in [6.45, 7) is 0. The van der Waals surface area contributed by atoms with Crippen LogP contribution in [0.1, 0.15) is 5.56 Å². The van der Waals surface area contributed by atoms with Crippen LogP contribution in [-0.4, -0.2) is 5.11 Å². The van der Waals surface area contributed by atoms with E-state index in [0.29, 0.717) is 0 Å². The van der Waals surface area contributed by atoms with E-state index in [1.807, 2.05) is 30.3 Å². The third kappa shape index (κ3) is 2.19. The fourth-order valence-electron chi connectivity index (χ4n) is 0.749. The van der Waals surface area contributed by atoms with Gasteiger partial charge in [-0.3, -0.25) is 0 Å². The van der Waals surface area contributed by atoms with E-state index in [1.54, 1.807) is 6.08 Å². The predicted octanol–water partition coefficient (Wildman–Crippen LogP) is 2.22. The number of aliphatic hydroxyl groups is 1. The maximum Gasteiger partial charge on any atom is 0.167 e. The van der Waals surface area contributed by atoms with Crippen molar-refractivity contribution >= 4 is 6.08 Å². The molecular formula is C10H8O. The highest BCUT2D eigenvalue weighted by Crippen LogP contribution is 2.02. The first-order valence-electron chi connectivity index (χ1n) is 3.25. The van der Waals surface area contributed by atoms with Gasteiger partial charge in [0.1, 0.15) is 0 Å². The molecule has 0 spiro atoms. The minimum Gasteiger partial charge on any atom is -0.501 e. The van der Waals surface area contributed by atoms with E-state index in [4.69, 9.17) is 11.5 Å². The van der Waals surface area contributed by atoms with Gasteiger partial charge in [0.05, 0.1) is 0 Å². The molecule has 0 heterocycles. The molecule has 0 atom stereocenters. The Morgan fingerprint density at radius 1 is 1.36 bits per heavy atom. The number of rotatable bonds is 1. The third-order valence-electron chi connectivity index (χ3n) is 1.25. The molecule has 0 aromatic heterocycles. The van der Waals surface area contributed by atoms with Gasteiger partial charge in [-0.2, -0.15) is 0 Å². The summed E-state index contributed by atoms with van der Waals surface area (Å²) in [4.78, 5) is 0. The first-order valence-corrected chi connectivity index (χ1v) is 3.25. The molecule has 0 saturated carbocycles. The number of benzene rings is 1. The molecule has 54 valence electrons. The second-order valence-corrected chi connectivity index (χ2v) is 2.08. The Labute approximate surface area is 66.0 Å². The first-order chi connectivity index (χ1) is 5.33. The van der Waals surface area contributed by atoms with Gasteiger partial charge in [0, 0.05) is 0 Å². The number of allylic oxidation sites excluding steroid dienone is 1. The van der Waals surface area contributed by atoms with Crippen LogP contribution in [0.3, 0.4) is 0 Å². The van der Waals surface area contributed by atoms with Crippen molar-refractivity contribution < 1.29 is 5.11 Å². The van der Waals surface area contributed by atoms with Crippen molar-refractivity contribution in [2.45, 2.75) is 0 Å². The lowest BCUT2D eigenvalue weighted by atomic mass is 10.2. The molecule has 1 rings (SSSR count). The lowest BCUT2D eigenvalue weighted by Gasteiger charge is -1.90. The summed E-state index contributed by atoms with van der Waals surface area (Å²) in [5, 5.41) is 8.94. The second kappa shape index (κ2) is 3.48. The van der Waals surface area contributed by atoms with Gasteiger partial charge >= 0.3 is 0 Å². The summed E-state index contributed by atoms with van der Waals surface area (Å²) in [5.74, 6) is 2.08. The van der Waals surface area contributed by atoms with E-state index in [1.165, 1.54) is 0 Å². The van der Waals surface area contributed by atoms with Gasteiger partial charge in [0.2, 0.25) is 0 Å². The van der Waals surface area contributed by atoms with E-state index >= 15 is 0 Å². The Kier molecular flexibility index (Phi) is 2.35. The summed E-state index contributed by atoms with van der Waals surface area (Å²) in [7, 11) is 0. The lowest BCUT2D eigenvalue weighted by molar-refractivity contribution is 0.443. The van der Waals surface area contributed by atoms with Gasteiger partial charge in [-0.1, -0.05) is 30.3 Å². The van der Waals surface area contributed by atoms with Crippen LogP contribution in [0, 0.1) is 12.3 Å². The summed E-state index contributed by atoms with van der Waals surface area (Å²) >= 11 is 0. The summed E-state index contributed by atoms with van der Waals surface area (Å²) in [6, 6.07) is 9.41. The zero-order valence-corrected chi connectivity index (χ0v) is 5.99. The van der Waals surface area contributed by atoms with Gasteiger partial charge in [0.15, 0.2) is 5.76 Å². The van der Waals surface area contributed by atoms with Gasteiger partial charge in [-0.15, -0.1) is 6.42 Å². The Bertz CT molecular complexity index is 290. The SMILES string of the molecule is C#CC(O)=Cc1ccccc1. The third-order valence-corrected chi connectivity index (χ3v) is 1.25. The molecule has 1 aromatic carbocycles. The molecule has 1 nitrogen and oxygen atoms in total. The van der Waals surface area contributed by atoms with Crippen molar-refractivity contribution in [1.29, 1.82) is 0 Å². The number of aliphatic hydroxyl groups excluding tert-OH is 1. The molecule has 1 N–H and O–H groups in total. The standard InChI is InChI=1S/C10H8O/c1-2-10(11)8-9-6-4-3-5-7-9/h1,3-8,11H. The molecule has 0 aliphatic rings. The van der Waals surface area contributed by atoms with Crippen molar-refractivity contribution in [3.05, 3.63) is 41.7 Å². The highest BCUT2D eigenvalue weighted by atomic mass is 16.3.